The molecule has 0 fully saturated rings. The van der Waals surface area contributed by atoms with E-state index in [0.717, 1.165) is 5.56 Å². The number of urea groups is 1. The second kappa shape index (κ2) is 9.03. The van der Waals surface area contributed by atoms with Crippen LogP contribution in [0.25, 0.3) is 0 Å². The fourth-order valence-corrected chi connectivity index (χ4v) is 2.52. The quantitative estimate of drug-likeness (QED) is 0.805. The average molecular weight is 346 g/mol. The molecule has 25 heavy (non-hydrogen) atoms. The summed E-state index contributed by atoms with van der Waals surface area (Å²) in [7, 11) is 1.46. The fourth-order valence-electron chi connectivity index (χ4n) is 2.52. The Morgan fingerprint density at radius 2 is 2.00 bits per heavy atom. The molecule has 0 radical (unpaired) electrons. The fraction of sp³-hybridized carbons (Fsp3) is 0.316. The minimum absolute atomic E-state index is 0.0248. The van der Waals surface area contributed by atoms with E-state index < -0.39 is 5.82 Å². The van der Waals surface area contributed by atoms with Crippen LogP contribution in [0, 0.1) is 5.82 Å². The number of carbonyl (C=O) groups is 1. The van der Waals surface area contributed by atoms with Gasteiger partial charge in [-0.05, 0) is 31.0 Å². The highest BCUT2D eigenvalue weighted by molar-refractivity contribution is 5.91. The number of amides is 2. The molecule has 2 aromatic carbocycles. The Morgan fingerprint density at radius 3 is 2.64 bits per heavy atom. The number of halogens is 1. The van der Waals surface area contributed by atoms with Gasteiger partial charge in [-0.1, -0.05) is 30.3 Å². The maximum atomic E-state index is 13.5. The lowest BCUT2D eigenvalue weighted by Gasteiger charge is -2.29. The number of hydrogen-bond donors (Lipinski definition) is 2. The van der Waals surface area contributed by atoms with E-state index in [1.807, 2.05) is 37.3 Å². The highest BCUT2D eigenvalue weighted by Crippen LogP contribution is 2.26. The summed E-state index contributed by atoms with van der Waals surface area (Å²) < 4.78 is 18.7. The minimum Gasteiger partial charge on any atom is -0.495 e. The predicted octanol–water partition coefficient (Wildman–Crippen LogP) is 3.64. The van der Waals surface area contributed by atoms with Crippen molar-refractivity contribution in [1.29, 1.82) is 0 Å². The summed E-state index contributed by atoms with van der Waals surface area (Å²) in [5, 5.41) is 11.9. The van der Waals surface area contributed by atoms with Gasteiger partial charge in [0.1, 0.15) is 11.6 Å². The van der Waals surface area contributed by atoms with E-state index in [-0.39, 0.29) is 24.4 Å². The van der Waals surface area contributed by atoms with Gasteiger partial charge in [-0.15, -0.1) is 0 Å². The molecule has 2 rings (SSSR count). The summed E-state index contributed by atoms with van der Waals surface area (Å²) in [4.78, 5) is 14.4. The Kier molecular flexibility index (Phi) is 6.77. The Labute approximate surface area is 147 Å². The minimum atomic E-state index is -0.464. The molecule has 0 bridgehead atoms. The molecule has 0 heterocycles. The predicted molar refractivity (Wildman–Crippen MR) is 95.1 cm³/mol. The first-order valence-corrected chi connectivity index (χ1v) is 8.11. The van der Waals surface area contributed by atoms with E-state index in [1.165, 1.54) is 25.3 Å². The Balaban J connectivity index is 2.21. The van der Waals surface area contributed by atoms with Crippen LogP contribution >= 0.6 is 0 Å². The average Bonchev–Trinajstić information content (AvgIpc) is 2.61. The highest BCUT2D eigenvalue weighted by atomic mass is 19.1. The van der Waals surface area contributed by atoms with Crippen molar-refractivity contribution < 1.29 is 19.0 Å². The normalized spacial score (nSPS) is 11.7. The summed E-state index contributed by atoms with van der Waals surface area (Å²) in [6.07, 6.45) is 0.445. The second-order valence-electron chi connectivity index (χ2n) is 5.75. The van der Waals surface area contributed by atoms with Crippen LogP contribution in [-0.4, -0.2) is 35.8 Å². The van der Waals surface area contributed by atoms with Crippen molar-refractivity contribution in [2.45, 2.75) is 25.9 Å². The van der Waals surface area contributed by atoms with E-state index in [4.69, 9.17) is 4.74 Å². The van der Waals surface area contributed by atoms with E-state index in [1.54, 1.807) is 4.90 Å². The van der Waals surface area contributed by atoms with Crippen LogP contribution in [0.5, 0.6) is 5.75 Å². The number of anilines is 1. The molecule has 0 aliphatic heterocycles. The third-order valence-corrected chi connectivity index (χ3v) is 3.94. The molecule has 1 atom stereocenters. The molecular formula is C19H23FN2O3. The lowest BCUT2D eigenvalue weighted by molar-refractivity contribution is 0.169. The highest BCUT2D eigenvalue weighted by Gasteiger charge is 2.21. The SMILES string of the molecule is COc1ccc(F)cc1NC(=O)N(Cc1ccccc1)C(C)CCO. The van der Waals surface area contributed by atoms with Crippen LogP contribution < -0.4 is 10.1 Å². The Bertz CT molecular complexity index is 694. The summed E-state index contributed by atoms with van der Waals surface area (Å²) in [5.74, 6) is -0.0849. The number of carbonyl (C=O) groups excluding carboxylic acids is 1. The van der Waals surface area contributed by atoms with Gasteiger partial charge < -0.3 is 20.1 Å². The van der Waals surface area contributed by atoms with Gasteiger partial charge in [0.2, 0.25) is 0 Å². The summed E-state index contributed by atoms with van der Waals surface area (Å²) in [6, 6.07) is 12.9. The van der Waals surface area contributed by atoms with Gasteiger partial charge in [0.15, 0.2) is 0 Å². The lowest BCUT2D eigenvalue weighted by Crippen LogP contribution is -2.41. The third kappa shape index (κ3) is 5.19. The number of benzene rings is 2. The van der Waals surface area contributed by atoms with Crippen LogP contribution in [0.2, 0.25) is 0 Å². The van der Waals surface area contributed by atoms with Crippen molar-refractivity contribution in [1.82, 2.24) is 4.90 Å². The van der Waals surface area contributed by atoms with Crippen LogP contribution in [-0.2, 0) is 6.54 Å². The molecule has 134 valence electrons. The maximum absolute atomic E-state index is 13.5. The molecule has 2 N–H and O–H groups in total. The summed E-state index contributed by atoms with van der Waals surface area (Å²) >= 11 is 0. The number of nitrogens with zero attached hydrogens (tertiary/aromatic N) is 1. The largest absolute Gasteiger partial charge is 0.495 e. The Morgan fingerprint density at radius 1 is 1.28 bits per heavy atom. The number of rotatable bonds is 7. The van der Waals surface area contributed by atoms with Crippen molar-refractivity contribution in [3.05, 3.63) is 59.9 Å². The molecule has 2 aromatic rings. The third-order valence-electron chi connectivity index (χ3n) is 3.94. The lowest BCUT2D eigenvalue weighted by atomic mass is 10.1. The smallest absolute Gasteiger partial charge is 0.322 e. The van der Waals surface area contributed by atoms with Crippen LogP contribution in [0.1, 0.15) is 18.9 Å². The zero-order chi connectivity index (χ0) is 18.2. The monoisotopic (exact) mass is 346 g/mol. The van der Waals surface area contributed by atoms with Crippen molar-refractivity contribution >= 4 is 11.7 Å². The van der Waals surface area contributed by atoms with E-state index in [9.17, 15) is 14.3 Å². The molecule has 5 nitrogen and oxygen atoms in total. The molecule has 0 aromatic heterocycles. The number of hydrogen-bond acceptors (Lipinski definition) is 3. The molecular weight excluding hydrogens is 323 g/mol. The van der Waals surface area contributed by atoms with Gasteiger partial charge in [-0.25, -0.2) is 9.18 Å². The van der Waals surface area contributed by atoms with Gasteiger partial charge in [-0.2, -0.15) is 0 Å². The first-order valence-electron chi connectivity index (χ1n) is 8.11. The standard InChI is InChI=1S/C19H23FN2O3/c1-14(10-11-23)22(13-15-6-4-3-5-7-15)19(24)21-17-12-16(20)8-9-18(17)25-2/h3-9,12,14,23H,10-11,13H2,1-2H3,(H,21,24). The number of nitrogens with one attached hydrogen (secondary N) is 1. The van der Waals surface area contributed by atoms with E-state index in [2.05, 4.69) is 5.32 Å². The van der Waals surface area contributed by atoms with Crippen LogP contribution in [0.15, 0.2) is 48.5 Å². The van der Waals surface area contributed by atoms with Crippen molar-refractivity contribution in [3.63, 3.8) is 0 Å². The summed E-state index contributed by atoms with van der Waals surface area (Å²) in [5.41, 5.74) is 1.23. The van der Waals surface area contributed by atoms with Crippen molar-refractivity contribution in [2.75, 3.05) is 19.0 Å². The van der Waals surface area contributed by atoms with Gasteiger partial charge in [-0.3, -0.25) is 0 Å². The molecule has 0 aliphatic rings. The number of aliphatic hydroxyl groups excluding tert-OH is 1. The molecule has 2 amide bonds. The Hall–Kier alpha value is -2.60. The van der Waals surface area contributed by atoms with Crippen molar-refractivity contribution in [2.24, 2.45) is 0 Å². The zero-order valence-corrected chi connectivity index (χ0v) is 14.4. The zero-order valence-electron chi connectivity index (χ0n) is 14.4. The maximum Gasteiger partial charge on any atom is 0.322 e. The molecule has 1 unspecified atom stereocenters. The van der Waals surface area contributed by atoms with Crippen LogP contribution in [0.3, 0.4) is 0 Å². The van der Waals surface area contributed by atoms with Gasteiger partial charge in [0.25, 0.3) is 0 Å². The summed E-state index contributed by atoms with van der Waals surface area (Å²) in [6.45, 7) is 2.22. The molecule has 0 saturated heterocycles. The molecule has 0 aliphatic carbocycles. The first-order chi connectivity index (χ1) is 12.0. The second-order valence-corrected chi connectivity index (χ2v) is 5.75. The van der Waals surface area contributed by atoms with E-state index in [0.29, 0.717) is 18.7 Å². The molecule has 6 heteroatoms. The van der Waals surface area contributed by atoms with Gasteiger partial charge in [0, 0.05) is 25.3 Å². The molecule has 0 spiro atoms. The van der Waals surface area contributed by atoms with Crippen molar-refractivity contribution in [3.8, 4) is 5.75 Å². The number of aliphatic hydroxyl groups is 1. The number of ether oxygens (including phenoxy) is 1. The van der Waals surface area contributed by atoms with E-state index >= 15 is 0 Å². The first kappa shape index (κ1) is 18.7. The number of methoxy groups -OCH3 is 1. The van der Waals surface area contributed by atoms with Gasteiger partial charge in [0.05, 0.1) is 12.8 Å². The topological polar surface area (TPSA) is 61.8 Å². The van der Waals surface area contributed by atoms with Crippen LogP contribution in [0.4, 0.5) is 14.9 Å². The molecule has 0 saturated carbocycles. The van der Waals surface area contributed by atoms with Gasteiger partial charge >= 0.3 is 6.03 Å².